The molecular weight excluding hydrogens is 406 g/mol. The second-order valence-corrected chi connectivity index (χ2v) is 8.51. The molecule has 7 nitrogen and oxygen atoms in total. The van der Waals surface area contributed by atoms with E-state index < -0.39 is 10.1 Å². The first kappa shape index (κ1) is 25.5. The van der Waals surface area contributed by atoms with Crippen molar-refractivity contribution in [1.82, 2.24) is 0 Å². The minimum absolute atomic E-state index is 0.0239. The summed E-state index contributed by atoms with van der Waals surface area (Å²) < 4.78 is 34.6. The van der Waals surface area contributed by atoms with Gasteiger partial charge < -0.3 is 10.5 Å². The minimum atomic E-state index is -4.02. The summed E-state index contributed by atoms with van der Waals surface area (Å²) in [6.07, 6.45) is 0.252. The number of carbonyl (C=O) groups is 2. The smallest absolute Gasteiger partial charge is 0.306 e. The molecule has 2 aromatic carbocycles. The van der Waals surface area contributed by atoms with Gasteiger partial charge in [0.05, 0.1) is 17.9 Å². The van der Waals surface area contributed by atoms with E-state index in [9.17, 15) is 18.0 Å². The van der Waals surface area contributed by atoms with Crippen LogP contribution in [0, 0.1) is 6.92 Å². The highest BCUT2D eigenvalue weighted by Crippen LogP contribution is 2.15. The van der Waals surface area contributed by atoms with Crippen LogP contribution in [0.1, 0.15) is 49.3 Å². The topological polar surface area (TPSA) is 124 Å². The Labute approximate surface area is 178 Å². The van der Waals surface area contributed by atoms with Crippen molar-refractivity contribution in [2.75, 3.05) is 6.54 Å². The summed E-state index contributed by atoms with van der Waals surface area (Å²) >= 11 is 0. The molecule has 2 rings (SSSR count). The van der Waals surface area contributed by atoms with Crippen molar-refractivity contribution in [3.05, 3.63) is 65.2 Å². The molecule has 0 aromatic heterocycles. The summed E-state index contributed by atoms with van der Waals surface area (Å²) in [4.78, 5) is 22.3. The Hall–Kier alpha value is -2.55. The molecule has 8 heteroatoms. The molecule has 0 heterocycles. The molecule has 164 valence electrons. The number of aryl methyl sites for hydroxylation is 1. The molecule has 0 unspecified atom stereocenters. The van der Waals surface area contributed by atoms with Gasteiger partial charge in [-0.25, -0.2) is 0 Å². The van der Waals surface area contributed by atoms with Gasteiger partial charge in [0.2, 0.25) is 0 Å². The van der Waals surface area contributed by atoms with Crippen LogP contribution < -0.4 is 5.73 Å². The first-order valence-electron chi connectivity index (χ1n) is 9.53. The number of Topliss-reactive ketones (excluding diaryl/α,β-unsaturated/α-hetero) is 1. The standard InChI is InChI=1S/C15H21NO3.C7H8O3S/c1-11(2)13-5-3-12(4-6-13)10-19-15(18)8-7-14(17)9-16;1-6-2-4-7(5-3-6)11(8,9)10/h3-6,11H,7-10,16H2,1-2H3;2-5H,1H3,(H,8,9,10). The molecule has 0 saturated carbocycles. The summed E-state index contributed by atoms with van der Waals surface area (Å²) in [7, 11) is -4.02. The van der Waals surface area contributed by atoms with E-state index in [1.807, 2.05) is 31.2 Å². The number of hydrogen-bond donors (Lipinski definition) is 2. The number of ketones is 1. The highest BCUT2D eigenvalue weighted by atomic mass is 32.2. The quantitative estimate of drug-likeness (QED) is 0.481. The Kier molecular flexibility index (Phi) is 10.4. The van der Waals surface area contributed by atoms with E-state index in [4.69, 9.17) is 15.0 Å². The number of esters is 1. The van der Waals surface area contributed by atoms with E-state index in [0.29, 0.717) is 5.92 Å². The summed E-state index contributed by atoms with van der Waals surface area (Å²) in [6.45, 7) is 6.32. The van der Waals surface area contributed by atoms with Crippen LogP contribution >= 0.6 is 0 Å². The number of benzene rings is 2. The van der Waals surface area contributed by atoms with Gasteiger partial charge in [-0.15, -0.1) is 0 Å². The maximum absolute atomic E-state index is 11.4. The second kappa shape index (κ2) is 12.2. The molecule has 2 aromatic rings. The molecule has 0 aliphatic rings. The SMILES string of the molecule is CC(C)c1ccc(COC(=O)CCC(=O)CN)cc1.Cc1ccc(S(=O)(=O)O)cc1. The van der Waals surface area contributed by atoms with E-state index >= 15 is 0 Å². The number of hydrogen-bond acceptors (Lipinski definition) is 6. The fourth-order valence-electron chi connectivity index (χ4n) is 2.29. The van der Waals surface area contributed by atoms with E-state index in [1.54, 1.807) is 12.1 Å². The van der Waals surface area contributed by atoms with Crippen molar-refractivity contribution in [3.8, 4) is 0 Å². The van der Waals surface area contributed by atoms with Crippen molar-refractivity contribution in [3.63, 3.8) is 0 Å². The fraction of sp³-hybridized carbons (Fsp3) is 0.364. The molecule has 0 amide bonds. The molecule has 0 aliphatic heterocycles. The largest absolute Gasteiger partial charge is 0.461 e. The van der Waals surface area contributed by atoms with Gasteiger partial charge in [0.1, 0.15) is 12.4 Å². The van der Waals surface area contributed by atoms with Crippen LogP contribution in [-0.2, 0) is 31.1 Å². The Morgan fingerprint density at radius 2 is 1.57 bits per heavy atom. The Bertz CT molecular complexity index is 919. The van der Waals surface area contributed by atoms with Gasteiger partial charge in [0.25, 0.3) is 10.1 Å². The lowest BCUT2D eigenvalue weighted by atomic mass is 10.0. The zero-order chi connectivity index (χ0) is 22.7. The van der Waals surface area contributed by atoms with Crippen molar-refractivity contribution in [2.24, 2.45) is 5.73 Å². The average Bonchev–Trinajstić information content (AvgIpc) is 2.70. The molecular formula is C22H29NO6S. The first-order valence-corrected chi connectivity index (χ1v) is 11.0. The monoisotopic (exact) mass is 435 g/mol. The van der Waals surface area contributed by atoms with E-state index in [-0.39, 0.29) is 42.6 Å². The van der Waals surface area contributed by atoms with E-state index in [0.717, 1.165) is 11.1 Å². The van der Waals surface area contributed by atoms with Gasteiger partial charge in [-0.3, -0.25) is 14.1 Å². The lowest BCUT2D eigenvalue weighted by Gasteiger charge is -2.07. The van der Waals surface area contributed by atoms with Crippen LogP contribution in [0.25, 0.3) is 0 Å². The van der Waals surface area contributed by atoms with E-state index in [1.165, 1.54) is 17.7 Å². The minimum Gasteiger partial charge on any atom is -0.461 e. The van der Waals surface area contributed by atoms with E-state index in [2.05, 4.69) is 13.8 Å². The number of carbonyl (C=O) groups excluding carboxylic acids is 2. The molecule has 0 atom stereocenters. The highest BCUT2D eigenvalue weighted by Gasteiger charge is 2.08. The van der Waals surface area contributed by atoms with Gasteiger partial charge in [-0.2, -0.15) is 8.42 Å². The molecule has 0 bridgehead atoms. The van der Waals surface area contributed by atoms with Gasteiger partial charge in [0, 0.05) is 6.42 Å². The third kappa shape index (κ3) is 9.78. The van der Waals surface area contributed by atoms with Crippen LogP contribution in [0.15, 0.2) is 53.4 Å². The summed E-state index contributed by atoms with van der Waals surface area (Å²) in [5.74, 6) is -0.00755. The van der Waals surface area contributed by atoms with Gasteiger partial charge in [-0.05, 0) is 36.1 Å². The number of nitrogens with two attached hydrogens (primary N) is 1. The van der Waals surface area contributed by atoms with Crippen LogP contribution in [0.4, 0.5) is 0 Å². The maximum Gasteiger partial charge on any atom is 0.306 e. The highest BCUT2D eigenvalue weighted by molar-refractivity contribution is 7.85. The van der Waals surface area contributed by atoms with Gasteiger partial charge >= 0.3 is 5.97 Å². The number of rotatable bonds is 8. The molecule has 0 radical (unpaired) electrons. The molecule has 0 aliphatic carbocycles. The Balaban J connectivity index is 0.000000346. The molecule has 30 heavy (non-hydrogen) atoms. The Morgan fingerprint density at radius 3 is 2.03 bits per heavy atom. The van der Waals surface area contributed by atoms with Crippen LogP contribution in [0.3, 0.4) is 0 Å². The zero-order valence-electron chi connectivity index (χ0n) is 17.5. The normalized spacial score (nSPS) is 10.9. The lowest BCUT2D eigenvalue weighted by Crippen LogP contribution is -2.15. The van der Waals surface area contributed by atoms with Gasteiger partial charge in [0.15, 0.2) is 0 Å². The third-order valence-corrected chi connectivity index (χ3v) is 5.07. The van der Waals surface area contributed by atoms with Crippen LogP contribution in [0.2, 0.25) is 0 Å². The van der Waals surface area contributed by atoms with Crippen LogP contribution in [0.5, 0.6) is 0 Å². The van der Waals surface area contributed by atoms with Gasteiger partial charge in [-0.1, -0.05) is 55.8 Å². The predicted octanol–water partition coefficient (Wildman–Crippen LogP) is 3.40. The summed E-state index contributed by atoms with van der Waals surface area (Å²) in [5.41, 5.74) is 8.32. The third-order valence-electron chi connectivity index (χ3n) is 4.20. The zero-order valence-corrected chi connectivity index (χ0v) is 18.3. The van der Waals surface area contributed by atoms with Crippen molar-refractivity contribution >= 4 is 21.9 Å². The summed E-state index contributed by atoms with van der Waals surface area (Å²) in [6, 6.07) is 14.0. The molecule has 0 fully saturated rings. The molecule has 0 saturated heterocycles. The van der Waals surface area contributed by atoms with Crippen molar-refractivity contribution in [1.29, 1.82) is 0 Å². The summed E-state index contributed by atoms with van der Waals surface area (Å²) in [5, 5.41) is 0. The fourth-order valence-corrected chi connectivity index (χ4v) is 2.77. The van der Waals surface area contributed by atoms with Crippen LogP contribution in [-0.4, -0.2) is 31.3 Å². The lowest BCUT2D eigenvalue weighted by molar-refractivity contribution is -0.146. The molecule has 3 N–H and O–H groups in total. The second-order valence-electron chi connectivity index (χ2n) is 7.09. The van der Waals surface area contributed by atoms with Crippen molar-refractivity contribution < 1.29 is 27.3 Å². The predicted molar refractivity (Wildman–Crippen MR) is 115 cm³/mol. The molecule has 0 spiro atoms. The number of ether oxygens (including phenoxy) is 1. The maximum atomic E-state index is 11.4. The average molecular weight is 436 g/mol. The Morgan fingerprint density at radius 1 is 1.00 bits per heavy atom. The van der Waals surface area contributed by atoms with Crippen molar-refractivity contribution in [2.45, 2.75) is 51.0 Å². The first-order chi connectivity index (χ1) is 14.0.